The van der Waals surface area contributed by atoms with Crippen LogP contribution in [0, 0.1) is 20.8 Å². The topological polar surface area (TPSA) is 95.5 Å². The van der Waals surface area contributed by atoms with Crippen LogP contribution < -0.4 is 10.0 Å². The zero-order valence-electron chi connectivity index (χ0n) is 12.6. The van der Waals surface area contributed by atoms with Gasteiger partial charge in [-0.1, -0.05) is 17.7 Å². The van der Waals surface area contributed by atoms with Gasteiger partial charge >= 0.3 is 0 Å². The SMILES string of the molecule is Cc1cc(C)c(S(=O)(=O)NCC(=O)NCCCO)c(C)c1. The van der Waals surface area contributed by atoms with Gasteiger partial charge in [-0.25, -0.2) is 13.1 Å². The lowest BCUT2D eigenvalue weighted by Gasteiger charge is -2.13. The summed E-state index contributed by atoms with van der Waals surface area (Å²) in [6.07, 6.45) is 0.439. The average molecular weight is 314 g/mol. The second-order valence-corrected chi connectivity index (χ2v) is 6.68. The quantitative estimate of drug-likeness (QED) is 0.634. The van der Waals surface area contributed by atoms with Crippen LogP contribution in [0.3, 0.4) is 0 Å². The second kappa shape index (κ2) is 7.53. The predicted octanol–water partition coefficient (Wildman–Crippen LogP) is 0.389. The third-order valence-corrected chi connectivity index (χ3v) is 4.66. The lowest BCUT2D eigenvalue weighted by molar-refractivity contribution is -0.119. The van der Waals surface area contributed by atoms with E-state index in [2.05, 4.69) is 10.0 Å². The van der Waals surface area contributed by atoms with Crippen molar-refractivity contribution in [2.24, 2.45) is 0 Å². The molecule has 7 heteroatoms. The molecule has 0 aromatic heterocycles. The number of hydrogen-bond donors (Lipinski definition) is 3. The summed E-state index contributed by atoms with van der Waals surface area (Å²) >= 11 is 0. The Morgan fingerprint density at radius 3 is 2.29 bits per heavy atom. The van der Waals surface area contributed by atoms with E-state index in [1.165, 1.54) is 0 Å². The van der Waals surface area contributed by atoms with E-state index >= 15 is 0 Å². The van der Waals surface area contributed by atoms with E-state index in [0.717, 1.165) is 5.56 Å². The first kappa shape index (κ1) is 17.6. The van der Waals surface area contributed by atoms with Crippen molar-refractivity contribution in [1.29, 1.82) is 0 Å². The summed E-state index contributed by atoms with van der Waals surface area (Å²) in [5.74, 6) is -0.422. The number of nitrogens with one attached hydrogen (secondary N) is 2. The minimum Gasteiger partial charge on any atom is -0.396 e. The lowest BCUT2D eigenvalue weighted by Crippen LogP contribution is -2.37. The third kappa shape index (κ3) is 5.11. The molecule has 0 atom stereocenters. The maximum atomic E-state index is 12.3. The molecule has 0 fully saturated rings. The van der Waals surface area contributed by atoms with E-state index in [9.17, 15) is 13.2 Å². The minimum absolute atomic E-state index is 0.0201. The number of aryl methyl sites for hydroxylation is 3. The molecule has 1 aromatic rings. The molecular weight excluding hydrogens is 292 g/mol. The molecule has 0 saturated heterocycles. The molecule has 0 heterocycles. The molecule has 1 amide bonds. The van der Waals surface area contributed by atoms with Crippen LogP contribution in [-0.2, 0) is 14.8 Å². The highest BCUT2D eigenvalue weighted by molar-refractivity contribution is 7.89. The number of sulfonamides is 1. The Labute approximate surface area is 125 Å². The van der Waals surface area contributed by atoms with Gasteiger partial charge in [-0.3, -0.25) is 4.79 Å². The first-order valence-corrected chi connectivity index (χ1v) is 8.21. The molecule has 0 unspecified atom stereocenters. The number of carbonyl (C=O) groups is 1. The van der Waals surface area contributed by atoms with E-state index in [4.69, 9.17) is 5.11 Å². The summed E-state index contributed by atoms with van der Waals surface area (Å²) in [5.41, 5.74) is 2.30. The minimum atomic E-state index is -3.72. The Morgan fingerprint density at radius 1 is 1.19 bits per heavy atom. The molecule has 1 rings (SSSR count). The largest absolute Gasteiger partial charge is 0.396 e. The Morgan fingerprint density at radius 2 is 1.76 bits per heavy atom. The van der Waals surface area contributed by atoms with Gasteiger partial charge in [-0.2, -0.15) is 0 Å². The van der Waals surface area contributed by atoms with Gasteiger partial charge in [0.25, 0.3) is 0 Å². The second-order valence-electron chi connectivity index (χ2n) is 4.98. The van der Waals surface area contributed by atoms with E-state index < -0.39 is 15.9 Å². The summed E-state index contributed by atoms with van der Waals surface area (Å²) in [6.45, 7) is 5.35. The van der Waals surface area contributed by atoms with Crippen molar-refractivity contribution in [3.05, 3.63) is 28.8 Å². The summed E-state index contributed by atoms with van der Waals surface area (Å²) in [6, 6.07) is 3.59. The van der Waals surface area contributed by atoms with E-state index in [1.807, 2.05) is 6.92 Å². The monoisotopic (exact) mass is 314 g/mol. The molecule has 6 nitrogen and oxygen atoms in total. The fourth-order valence-corrected chi connectivity index (χ4v) is 3.62. The summed E-state index contributed by atoms with van der Waals surface area (Å²) in [4.78, 5) is 11.7. The number of hydrogen-bond acceptors (Lipinski definition) is 4. The van der Waals surface area contributed by atoms with Gasteiger partial charge < -0.3 is 10.4 Å². The fraction of sp³-hybridized carbons (Fsp3) is 0.500. The fourth-order valence-electron chi connectivity index (χ4n) is 2.19. The van der Waals surface area contributed by atoms with Gasteiger partial charge in [0, 0.05) is 13.2 Å². The molecule has 0 aliphatic rings. The van der Waals surface area contributed by atoms with Crippen molar-refractivity contribution in [3.8, 4) is 0 Å². The third-order valence-electron chi connectivity index (χ3n) is 2.95. The van der Waals surface area contributed by atoms with Crippen molar-refractivity contribution in [3.63, 3.8) is 0 Å². The molecule has 118 valence electrons. The van der Waals surface area contributed by atoms with Crippen LogP contribution in [-0.4, -0.2) is 39.1 Å². The standard InChI is InChI=1S/C14H22N2O4S/c1-10-7-11(2)14(12(3)8-10)21(19,20)16-9-13(18)15-5-4-6-17/h7-8,16-17H,4-6,9H2,1-3H3,(H,15,18). The predicted molar refractivity (Wildman–Crippen MR) is 80.6 cm³/mol. The van der Waals surface area contributed by atoms with Crippen LogP contribution in [0.15, 0.2) is 17.0 Å². The molecule has 0 bridgehead atoms. The highest BCUT2D eigenvalue weighted by Crippen LogP contribution is 2.21. The highest BCUT2D eigenvalue weighted by Gasteiger charge is 2.20. The zero-order valence-corrected chi connectivity index (χ0v) is 13.4. The Hall–Kier alpha value is -1.44. The van der Waals surface area contributed by atoms with Crippen molar-refractivity contribution >= 4 is 15.9 Å². The molecule has 0 saturated carbocycles. The smallest absolute Gasteiger partial charge is 0.241 e. The van der Waals surface area contributed by atoms with Crippen molar-refractivity contribution < 1.29 is 18.3 Å². The molecule has 0 aliphatic carbocycles. The van der Waals surface area contributed by atoms with E-state index in [-0.39, 0.29) is 18.0 Å². The number of benzene rings is 1. The number of aliphatic hydroxyl groups excluding tert-OH is 1. The molecular formula is C14H22N2O4S. The van der Waals surface area contributed by atoms with Crippen molar-refractivity contribution in [1.82, 2.24) is 10.0 Å². The number of aliphatic hydroxyl groups is 1. The summed E-state index contributed by atoms with van der Waals surface area (Å²) in [5, 5.41) is 11.1. The Bertz CT molecular complexity index is 588. The molecule has 21 heavy (non-hydrogen) atoms. The van der Waals surface area contributed by atoms with Crippen molar-refractivity contribution in [2.75, 3.05) is 19.7 Å². The number of carbonyl (C=O) groups excluding carboxylic acids is 1. The van der Waals surface area contributed by atoms with Crippen molar-refractivity contribution in [2.45, 2.75) is 32.1 Å². The Balaban J connectivity index is 2.77. The van der Waals surface area contributed by atoms with Gasteiger partial charge in [0.1, 0.15) is 0 Å². The van der Waals surface area contributed by atoms with Gasteiger partial charge in [-0.05, 0) is 38.3 Å². The van der Waals surface area contributed by atoms with Crippen LogP contribution in [0.1, 0.15) is 23.1 Å². The van der Waals surface area contributed by atoms with Crippen LogP contribution in [0.2, 0.25) is 0 Å². The summed E-state index contributed by atoms with van der Waals surface area (Å²) < 4.78 is 26.9. The van der Waals surface area contributed by atoms with Crippen LogP contribution >= 0.6 is 0 Å². The molecule has 0 radical (unpaired) electrons. The van der Waals surface area contributed by atoms with Gasteiger partial charge in [0.2, 0.25) is 15.9 Å². The average Bonchev–Trinajstić information content (AvgIpc) is 2.35. The summed E-state index contributed by atoms with van der Waals surface area (Å²) in [7, 11) is -3.72. The maximum Gasteiger partial charge on any atom is 0.241 e. The normalized spacial score (nSPS) is 11.4. The van der Waals surface area contributed by atoms with Gasteiger partial charge in [-0.15, -0.1) is 0 Å². The Kier molecular flexibility index (Phi) is 6.32. The lowest BCUT2D eigenvalue weighted by atomic mass is 10.1. The zero-order chi connectivity index (χ0) is 16.0. The van der Waals surface area contributed by atoms with Crippen LogP contribution in [0.4, 0.5) is 0 Å². The van der Waals surface area contributed by atoms with E-state index in [1.54, 1.807) is 26.0 Å². The first-order chi connectivity index (χ1) is 9.77. The van der Waals surface area contributed by atoms with Crippen LogP contribution in [0.25, 0.3) is 0 Å². The number of amides is 1. The van der Waals surface area contributed by atoms with Gasteiger partial charge in [0.15, 0.2) is 0 Å². The molecule has 3 N–H and O–H groups in total. The maximum absolute atomic E-state index is 12.3. The first-order valence-electron chi connectivity index (χ1n) is 6.73. The number of rotatable bonds is 7. The highest BCUT2D eigenvalue weighted by atomic mass is 32.2. The van der Waals surface area contributed by atoms with Gasteiger partial charge in [0.05, 0.1) is 11.4 Å². The molecule has 1 aromatic carbocycles. The van der Waals surface area contributed by atoms with E-state index in [0.29, 0.717) is 24.1 Å². The molecule has 0 aliphatic heterocycles. The molecule has 0 spiro atoms. The van der Waals surface area contributed by atoms with Crippen LogP contribution in [0.5, 0.6) is 0 Å².